The normalized spacial score (nSPS) is 15.7. The Morgan fingerprint density at radius 2 is 2.09 bits per heavy atom. The van der Waals surface area contributed by atoms with Gasteiger partial charge in [0.15, 0.2) is 0 Å². The van der Waals surface area contributed by atoms with Crippen LogP contribution in [-0.2, 0) is 23.1 Å². The molecule has 1 saturated carbocycles. The molecule has 0 radical (unpaired) electrons. The fraction of sp³-hybridized carbons (Fsp3) is 0.412. The molecule has 1 aromatic carbocycles. The molecule has 0 bridgehead atoms. The Balaban J connectivity index is 1.71. The molecular weight excluding hydrogens is 280 g/mol. The first-order valence-corrected chi connectivity index (χ1v) is 7.58. The molecule has 1 aliphatic carbocycles. The molecule has 116 valence electrons. The predicted octanol–water partition coefficient (Wildman–Crippen LogP) is 2.09. The summed E-state index contributed by atoms with van der Waals surface area (Å²) in [5.74, 6) is -0.635. The van der Waals surface area contributed by atoms with Crippen LogP contribution >= 0.6 is 0 Å². The Morgan fingerprint density at radius 3 is 2.77 bits per heavy atom. The Labute approximate surface area is 128 Å². The highest BCUT2D eigenvalue weighted by Crippen LogP contribution is 2.34. The van der Waals surface area contributed by atoms with E-state index in [-0.39, 0.29) is 24.8 Å². The van der Waals surface area contributed by atoms with E-state index in [1.807, 2.05) is 42.1 Å². The van der Waals surface area contributed by atoms with Crippen molar-refractivity contribution in [2.75, 3.05) is 0 Å². The van der Waals surface area contributed by atoms with Gasteiger partial charge in [0.2, 0.25) is 5.91 Å². The maximum atomic E-state index is 12.3. The molecule has 5 nitrogen and oxygen atoms in total. The second-order valence-corrected chi connectivity index (χ2v) is 6.07. The molecule has 1 fully saturated rings. The molecule has 22 heavy (non-hydrogen) atoms. The largest absolute Gasteiger partial charge is 0.481 e. The molecule has 1 heterocycles. The zero-order valence-electron chi connectivity index (χ0n) is 12.6. The van der Waals surface area contributed by atoms with Gasteiger partial charge in [-0.15, -0.1) is 0 Å². The van der Waals surface area contributed by atoms with Crippen LogP contribution in [0.25, 0.3) is 10.9 Å². The van der Waals surface area contributed by atoms with E-state index in [0.717, 1.165) is 29.3 Å². The monoisotopic (exact) mass is 300 g/mol. The van der Waals surface area contributed by atoms with Gasteiger partial charge in [-0.1, -0.05) is 18.2 Å². The van der Waals surface area contributed by atoms with Gasteiger partial charge >= 0.3 is 5.97 Å². The summed E-state index contributed by atoms with van der Waals surface area (Å²) in [5.41, 5.74) is 2.06. The van der Waals surface area contributed by atoms with Crippen LogP contribution in [0.4, 0.5) is 0 Å². The summed E-state index contributed by atoms with van der Waals surface area (Å²) < 4.78 is 2.01. The number of carbonyl (C=O) groups is 2. The first-order chi connectivity index (χ1) is 10.5. The maximum absolute atomic E-state index is 12.3. The van der Waals surface area contributed by atoms with Gasteiger partial charge in [0.05, 0.1) is 12.8 Å². The SMILES string of the molecule is Cn1cc(CC(=O)N[C@H](CC(=O)O)C2CC2)c2ccccc21. The molecule has 0 saturated heterocycles. The average Bonchev–Trinajstić information content (AvgIpc) is 3.26. The lowest BCUT2D eigenvalue weighted by atomic mass is 10.1. The summed E-state index contributed by atoms with van der Waals surface area (Å²) in [5, 5.41) is 12.9. The standard InChI is InChI=1S/C17H20N2O3/c1-19-10-12(13-4-2-3-5-15(13)19)8-16(20)18-14(9-17(21)22)11-6-7-11/h2-5,10-11,14H,6-9H2,1H3,(H,18,20)(H,21,22)/t14-/m1/s1. The zero-order chi connectivity index (χ0) is 15.7. The molecule has 1 atom stereocenters. The molecule has 0 aliphatic heterocycles. The van der Waals surface area contributed by atoms with Gasteiger partial charge in [-0.3, -0.25) is 9.59 Å². The lowest BCUT2D eigenvalue weighted by molar-refractivity contribution is -0.137. The average molecular weight is 300 g/mol. The number of para-hydroxylation sites is 1. The fourth-order valence-corrected chi connectivity index (χ4v) is 3.02. The number of carboxylic acid groups (broad SMARTS) is 1. The molecule has 3 rings (SSSR count). The molecule has 0 unspecified atom stereocenters. The molecule has 1 aliphatic rings. The van der Waals surface area contributed by atoms with Crippen molar-refractivity contribution in [1.29, 1.82) is 0 Å². The number of carbonyl (C=O) groups excluding carboxylic acids is 1. The van der Waals surface area contributed by atoms with Crippen molar-refractivity contribution in [2.24, 2.45) is 13.0 Å². The highest BCUT2D eigenvalue weighted by molar-refractivity contribution is 5.89. The topological polar surface area (TPSA) is 71.3 Å². The number of carboxylic acids is 1. The lowest BCUT2D eigenvalue weighted by Gasteiger charge is -2.16. The number of nitrogens with one attached hydrogen (secondary N) is 1. The summed E-state index contributed by atoms with van der Waals surface area (Å²) in [6, 6.07) is 7.73. The first kappa shape index (κ1) is 14.6. The number of aliphatic carboxylic acids is 1. The van der Waals surface area contributed by atoms with Gasteiger partial charge < -0.3 is 15.0 Å². The summed E-state index contributed by atoms with van der Waals surface area (Å²) in [7, 11) is 1.96. The van der Waals surface area contributed by atoms with Crippen LogP contribution in [0.5, 0.6) is 0 Å². The minimum absolute atomic E-state index is 0.00590. The lowest BCUT2D eigenvalue weighted by Crippen LogP contribution is -2.38. The third-order valence-corrected chi connectivity index (χ3v) is 4.26. The van der Waals surface area contributed by atoms with Crippen LogP contribution < -0.4 is 5.32 Å². The first-order valence-electron chi connectivity index (χ1n) is 7.58. The van der Waals surface area contributed by atoms with Crippen LogP contribution in [0.3, 0.4) is 0 Å². The number of nitrogens with zero attached hydrogens (tertiary/aromatic N) is 1. The second-order valence-electron chi connectivity index (χ2n) is 6.07. The molecule has 5 heteroatoms. The van der Waals surface area contributed by atoms with Crippen LogP contribution in [-0.4, -0.2) is 27.6 Å². The van der Waals surface area contributed by atoms with Gasteiger partial charge in [0.25, 0.3) is 0 Å². The van der Waals surface area contributed by atoms with E-state index in [1.165, 1.54) is 0 Å². The maximum Gasteiger partial charge on any atom is 0.305 e. The van der Waals surface area contributed by atoms with Gasteiger partial charge in [0, 0.05) is 30.2 Å². The van der Waals surface area contributed by atoms with Crippen molar-refractivity contribution in [1.82, 2.24) is 9.88 Å². The Kier molecular flexibility index (Phi) is 3.88. The Hall–Kier alpha value is -2.30. The Morgan fingerprint density at radius 1 is 1.36 bits per heavy atom. The molecule has 1 aromatic heterocycles. The van der Waals surface area contributed by atoms with E-state index in [0.29, 0.717) is 5.92 Å². The summed E-state index contributed by atoms with van der Waals surface area (Å²) in [6.07, 6.45) is 4.27. The van der Waals surface area contributed by atoms with Gasteiger partial charge in [-0.2, -0.15) is 0 Å². The van der Waals surface area contributed by atoms with E-state index in [4.69, 9.17) is 5.11 Å². The smallest absolute Gasteiger partial charge is 0.305 e. The molecule has 1 amide bonds. The molecule has 2 aromatic rings. The number of aryl methyl sites for hydroxylation is 1. The summed E-state index contributed by atoms with van der Waals surface area (Å²) in [4.78, 5) is 23.2. The molecule has 0 spiro atoms. The highest BCUT2D eigenvalue weighted by Gasteiger charge is 2.33. The van der Waals surface area contributed by atoms with Crippen LogP contribution in [0.15, 0.2) is 30.5 Å². The zero-order valence-corrected chi connectivity index (χ0v) is 12.6. The molecular formula is C17H20N2O3. The van der Waals surface area contributed by atoms with Gasteiger partial charge in [-0.25, -0.2) is 0 Å². The minimum Gasteiger partial charge on any atom is -0.481 e. The number of amides is 1. The van der Waals surface area contributed by atoms with Crippen molar-refractivity contribution >= 4 is 22.8 Å². The van der Waals surface area contributed by atoms with Gasteiger partial charge in [-0.05, 0) is 30.4 Å². The second kappa shape index (κ2) is 5.83. The predicted molar refractivity (Wildman–Crippen MR) is 83.5 cm³/mol. The van der Waals surface area contributed by atoms with E-state index >= 15 is 0 Å². The van der Waals surface area contributed by atoms with Crippen molar-refractivity contribution in [3.05, 3.63) is 36.0 Å². The number of fused-ring (bicyclic) bond motifs is 1. The van der Waals surface area contributed by atoms with E-state index in [9.17, 15) is 9.59 Å². The van der Waals surface area contributed by atoms with Crippen molar-refractivity contribution < 1.29 is 14.7 Å². The minimum atomic E-state index is -0.859. The fourth-order valence-electron chi connectivity index (χ4n) is 3.02. The van der Waals surface area contributed by atoms with Crippen LogP contribution in [0.2, 0.25) is 0 Å². The van der Waals surface area contributed by atoms with Crippen LogP contribution in [0, 0.1) is 5.92 Å². The van der Waals surface area contributed by atoms with Crippen molar-refractivity contribution in [3.8, 4) is 0 Å². The number of aromatic nitrogens is 1. The Bertz CT molecular complexity index is 716. The van der Waals surface area contributed by atoms with E-state index in [1.54, 1.807) is 0 Å². The van der Waals surface area contributed by atoms with E-state index < -0.39 is 5.97 Å². The number of hydrogen-bond acceptors (Lipinski definition) is 2. The quantitative estimate of drug-likeness (QED) is 0.858. The van der Waals surface area contributed by atoms with Crippen molar-refractivity contribution in [3.63, 3.8) is 0 Å². The van der Waals surface area contributed by atoms with Crippen molar-refractivity contribution in [2.45, 2.75) is 31.7 Å². The number of benzene rings is 1. The highest BCUT2D eigenvalue weighted by atomic mass is 16.4. The van der Waals surface area contributed by atoms with E-state index in [2.05, 4.69) is 5.32 Å². The number of hydrogen-bond donors (Lipinski definition) is 2. The van der Waals surface area contributed by atoms with Gasteiger partial charge in [0.1, 0.15) is 0 Å². The molecule has 2 N–H and O–H groups in total. The third-order valence-electron chi connectivity index (χ3n) is 4.26. The van der Waals surface area contributed by atoms with Crippen LogP contribution in [0.1, 0.15) is 24.8 Å². The summed E-state index contributed by atoms with van der Waals surface area (Å²) >= 11 is 0. The summed E-state index contributed by atoms with van der Waals surface area (Å²) in [6.45, 7) is 0. The third kappa shape index (κ3) is 3.13. The number of rotatable bonds is 6.